The number of nitrogens with zero attached hydrogens (tertiary/aromatic N) is 1. The van der Waals surface area contributed by atoms with Gasteiger partial charge < -0.3 is 10.1 Å². The van der Waals surface area contributed by atoms with Crippen molar-refractivity contribution in [2.75, 3.05) is 32.8 Å². The maximum absolute atomic E-state index is 12.5. The highest BCUT2D eigenvalue weighted by Gasteiger charge is 2.25. The van der Waals surface area contributed by atoms with E-state index in [4.69, 9.17) is 4.74 Å². The minimum absolute atomic E-state index is 0.159. The van der Waals surface area contributed by atoms with Gasteiger partial charge in [0.1, 0.15) is 0 Å². The largest absolute Gasteiger partial charge is 0.379 e. The number of benzene rings is 1. The fourth-order valence-electron chi connectivity index (χ4n) is 2.22. The first-order chi connectivity index (χ1) is 11.4. The summed E-state index contributed by atoms with van der Waals surface area (Å²) in [5.41, 5.74) is 0.774. The van der Waals surface area contributed by atoms with Crippen LogP contribution in [0, 0.1) is 5.92 Å². The summed E-state index contributed by atoms with van der Waals surface area (Å²) in [5, 5.41) is 2.79. The van der Waals surface area contributed by atoms with Gasteiger partial charge in [-0.25, -0.2) is 8.42 Å². The minimum Gasteiger partial charge on any atom is -0.379 e. The summed E-state index contributed by atoms with van der Waals surface area (Å²) >= 11 is 0. The first-order valence-electron chi connectivity index (χ1n) is 8.03. The van der Waals surface area contributed by atoms with E-state index in [1.807, 2.05) is 13.8 Å². The molecule has 1 aromatic rings. The summed E-state index contributed by atoms with van der Waals surface area (Å²) in [6, 6.07) is 6.52. The molecule has 1 saturated heterocycles. The van der Waals surface area contributed by atoms with Crippen molar-refractivity contribution in [3.05, 3.63) is 35.9 Å². The second kappa shape index (κ2) is 8.41. The summed E-state index contributed by atoms with van der Waals surface area (Å²) in [6.45, 7) is 6.27. The molecular weight excluding hydrogens is 328 g/mol. The van der Waals surface area contributed by atoms with Gasteiger partial charge in [0.2, 0.25) is 15.9 Å². The van der Waals surface area contributed by atoms with Crippen molar-refractivity contribution in [3.8, 4) is 0 Å². The van der Waals surface area contributed by atoms with Gasteiger partial charge in [0.15, 0.2) is 0 Å². The van der Waals surface area contributed by atoms with Crippen molar-refractivity contribution in [2.24, 2.45) is 5.92 Å². The summed E-state index contributed by atoms with van der Waals surface area (Å²) in [5.74, 6) is 0.237. The van der Waals surface area contributed by atoms with Crippen molar-refractivity contribution in [3.63, 3.8) is 0 Å². The van der Waals surface area contributed by atoms with Crippen molar-refractivity contribution in [1.82, 2.24) is 9.62 Å². The number of rotatable bonds is 6. The zero-order valence-corrected chi connectivity index (χ0v) is 14.9. The van der Waals surface area contributed by atoms with E-state index >= 15 is 0 Å². The Morgan fingerprint density at radius 3 is 2.46 bits per heavy atom. The number of hydrogen-bond acceptors (Lipinski definition) is 4. The molecule has 1 fully saturated rings. The lowest BCUT2D eigenvalue weighted by molar-refractivity contribution is -0.116. The molecule has 132 valence electrons. The van der Waals surface area contributed by atoms with E-state index in [9.17, 15) is 13.2 Å². The molecule has 1 aromatic carbocycles. The van der Waals surface area contributed by atoms with E-state index in [1.54, 1.807) is 30.3 Å². The third kappa shape index (κ3) is 5.15. The molecule has 24 heavy (non-hydrogen) atoms. The summed E-state index contributed by atoms with van der Waals surface area (Å²) in [7, 11) is -3.48. The topological polar surface area (TPSA) is 75.7 Å². The molecule has 2 rings (SSSR count). The first-order valence-corrected chi connectivity index (χ1v) is 9.47. The van der Waals surface area contributed by atoms with Gasteiger partial charge in [-0.2, -0.15) is 4.31 Å². The molecule has 7 heteroatoms. The minimum atomic E-state index is -3.48. The van der Waals surface area contributed by atoms with Gasteiger partial charge in [-0.15, -0.1) is 0 Å². The van der Waals surface area contributed by atoms with Crippen LogP contribution in [0.25, 0.3) is 6.08 Å². The fraction of sp³-hybridized carbons (Fsp3) is 0.471. The molecule has 0 bridgehead atoms. The smallest absolute Gasteiger partial charge is 0.244 e. The number of hydrogen-bond donors (Lipinski definition) is 1. The lowest BCUT2D eigenvalue weighted by atomic mass is 10.2. The standard InChI is InChI=1S/C17H24N2O4S/c1-14(2)13-18-17(20)8-5-15-3-6-16(7-4-15)24(21,22)19-9-11-23-12-10-19/h3-8,14H,9-13H2,1-2H3,(H,18,20)/b8-5+. The fourth-order valence-corrected chi connectivity index (χ4v) is 3.63. The Hall–Kier alpha value is -1.70. The normalized spacial score (nSPS) is 16.6. The highest BCUT2D eigenvalue weighted by atomic mass is 32.2. The van der Waals surface area contributed by atoms with Crippen molar-refractivity contribution >= 4 is 22.0 Å². The zero-order chi connectivity index (χ0) is 17.6. The molecule has 0 saturated carbocycles. The van der Waals surface area contributed by atoms with E-state index in [1.165, 1.54) is 10.4 Å². The van der Waals surface area contributed by atoms with Gasteiger partial charge in [-0.1, -0.05) is 26.0 Å². The van der Waals surface area contributed by atoms with Crippen LogP contribution >= 0.6 is 0 Å². The van der Waals surface area contributed by atoms with Crippen molar-refractivity contribution in [1.29, 1.82) is 0 Å². The number of ether oxygens (including phenoxy) is 1. The molecule has 1 N–H and O–H groups in total. The molecule has 6 nitrogen and oxygen atoms in total. The van der Waals surface area contributed by atoms with Gasteiger partial charge in [0.25, 0.3) is 0 Å². The molecule has 0 atom stereocenters. The molecule has 1 aliphatic heterocycles. The average molecular weight is 352 g/mol. The highest BCUT2D eigenvalue weighted by molar-refractivity contribution is 7.89. The molecule has 0 unspecified atom stereocenters. The first kappa shape index (κ1) is 18.6. The Labute approximate surface area is 143 Å². The van der Waals surface area contributed by atoms with Crippen LogP contribution in [0.15, 0.2) is 35.2 Å². The van der Waals surface area contributed by atoms with Crippen LogP contribution in [-0.4, -0.2) is 51.5 Å². The predicted molar refractivity (Wildman–Crippen MR) is 92.9 cm³/mol. The van der Waals surface area contributed by atoms with Crippen molar-refractivity contribution in [2.45, 2.75) is 18.7 Å². The molecule has 0 radical (unpaired) electrons. The van der Waals surface area contributed by atoms with Crippen LogP contribution in [0.3, 0.4) is 0 Å². The third-order valence-corrected chi connectivity index (χ3v) is 5.51. The quantitative estimate of drug-likeness (QED) is 0.787. The molecule has 0 aromatic heterocycles. The molecule has 1 heterocycles. The number of nitrogens with one attached hydrogen (secondary N) is 1. The van der Waals surface area contributed by atoms with E-state index in [0.717, 1.165) is 5.56 Å². The van der Waals surface area contributed by atoms with Crippen molar-refractivity contribution < 1.29 is 17.9 Å². The maximum atomic E-state index is 12.5. The monoisotopic (exact) mass is 352 g/mol. The Morgan fingerprint density at radius 1 is 1.25 bits per heavy atom. The van der Waals surface area contributed by atoms with E-state index in [2.05, 4.69) is 5.32 Å². The maximum Gasteiger partial charge on any atom is 0.244 e. The summed E-state index contributed by atoms with van der Waals surface area (Å²) in [4.78, 5) is 11.9. The number of morpholine rings is 1. The molecule has 1 amide bonds. The number of sulfonamides is 1. The van der Waals surface area contributed by atoms with Gasteiger partial charge in [-0.3, -0.25) is 4.79 Å². The number of carbonyl (C=O) groups excluding carboxylic acids is 1. The van der Waals surface area contributed by atoms with Gasteiger partial charge >= 0.3 is 0 Å². The van der Waals surface area contributed by atoms with Crippen LogP contribution < -0.4 is 5.32 Å². The van der Waals surface area contributed by atoms with E-state index < -0.39 is 10.0 Å². The average Bonchev–Trinajstić information content (AvgIpc) is 2.59. The second-order valence-electron chi connectivity index (χ2n) is 6.06. The van der Waals surface area contributed by atoms with E-state index in [0.29, 0.717) is 38.8 Å². The molecule has 0 aliphatic carbocycles. The Kier molecular flexibility index (Phi) is 6.53. The van der Waals surface area contributed by atoms with Gasteiger partial charge in [0.05, 0.1) is 18.1 Å². The zero-order valence-electron chi connectivity index (χ0n) is 14.1. The highest BCUT2D eigenvalue weighted by Crippen LogP contribution is 2.18. The van der Waals surface area contributed by atoms with Crippen LogP contribution in [0.5, 0.6) is 0 Å². The van der Waals surface area contributed by atoms with Gasteiger partial charge in [-0.05, 0) is 29.7 Å². The van der Waals surface area contributed by atoms with E-state index in [-0.39, 0.29) is 10.8 Å². The van der Waals surface area contributed by atoms with Crippen LogP contribution in [-0.2, 0) is 19.6 Å². The second-order valence-corrected chi connectivity index (χ2v) is 8.00. The predicted octanol–water partition coefficient (Wildman–Crippen LogP) is 1.49. The van der Waals surface area contributed by atoms with Crippen LogP contribution in [0.2, 0.25) is 0 Å². The van der Waals surface area contributed by atoms with Crippen LogP contribution in [0.1, 0.15) is 19.4 Å². The Balaban J connectivity index is 2.01. The Morgan fingerprint density at radius 2 is 1.88 bits per heavy atom. The molecule has 1 aliphatic rings. The number of amides is 1. The number of carbonyl (C=O) groups is 1. The Bertz CT molecular complexity index is 675. The summed E-state index contributed by atoms with van der Waals surface area (Å²) in [6.07, 6.45) is 3.12. The summed E-state index contributed by atoms with van der Waals surface area (Å²) < 4.78 is 31.6. The van der Waals surface area contributed by atoms with Crippen LogP contribution in [0.4, 0.5) is 0 Å². The van der Waals surface area contributed by atoms with Gasteiger partial charge in [0, 0.05) is 25.7 Å². The molecular formula is C17H24N2O4S. The lowest BCUT2D eigenvalue weighted by Gasteiger charge is -2.26. The molecule has 0 spiro atoms. The SMILES string of the molecule is CC(C)CNC(=O)/C=C/c1ccc(S(=O)(=O)N2CCOCC2)cc1. The lowest BCUT2D eigenvalue weighted by Crippen LogP contribution is -2.40. The third-order valence-electron chi connectivity index (χ3n) is 3.60.